The van der Waals surface area contributed by atoms with E-state index in [0.29, 0.717) is 33.6 Å². The molecule has 0 saturated carbocycles. The first-order valence-corrected chi connectivity index (χ1v) is 9.19. The molecule has 0 spiro atoms. The molecule has 0 aliphatic heterocycles. The van der Waals surface area contributed by atoms with Crippen LogP contribution in [0.3, 0.4) is 0 Å². The quantitative estimate of drug-likeness (QED) is 0.491. The highest BCUT2D eigenvalue weighted by molar-refractivity contribution is 7.98. The van der Waals surface area contributed by atoms with Crippen LogP contribution in [0.25, 0.3) is 22.4 Å². The van der Waals surface area contributed by atoms with E-state index in [0.717, 1.165) is 11.3 Å². The summed E-state index contributed by atoms with van der Waals surface area (Å²) in [6.45, 7) is 0. The van der Waals surface area contributed by atoms with Crippen LogP contribution in [0.5, 0.6) is 5.75 Å². The van der Waals surface area contributed by atoms with Crippen molar-refractivity contribution < 1.29 is 9.15 Å². The predicted molar refractivity (Wildman–Crippen MR) is 103 cm³/mol. The number of ether oxygens (including phenoxy) is 1. The van der Waals surface area contributed by atoms with Gasteiger partial charge >= 0.3 is 0 Å². The number of methoxy groups -OCH3 is 1. The summed E-state index contributed by atoms with van der Waals surface area (Å²) in [5.74, 6) is 2.28. The maximum Gasteiger partial charge on any atom is 0.277 e. The molecule has 0 saturated heterocycles. The molecule has 0 aliphatic carbocycles. The Balaban J connectivity index is 1.54. The molecule has 8 heteroatoms. The summed E-state index contributed by atoms with van der Waals surface area (Å²) in [7, 11) is 3.33. The van der Waals surface area contributed by atoms with Gasteiger partial charge in [0, 0.05) is 12.6 Å². The Bertz CT molecular complexity index is 1150. The van der Waals surface area contributed by atoms with Crippen LogP contribution in [-0.2, 0) is 12.8 Å². The molecule has 4 aromatic rings. The Morgan fingerprint density at radius 3 is 2.67 bits per heavy atom. The molecule has 0 bridgehead atoms. The highest BCUT2D eigenvalue weighted by Crippen LogP contribution is 2.26. The smallest absolute Gasteiger partial charge is 0.277 e. The Hall–Kier alpha value is -3.13. The van der Waals surface area contributed by atoms with Gasteiger partial charge in [0.05, 0.1) is 23.8 Å². The molecule has 0 fully saturated rings. The van der Waals surface area contributed by atoms with Crippen molar-refractivity contribution in [2.24, 2.45) is 7.05 Å². The Morgan fingerprint density at radius 1 is 1.11 bits per heavy atom. The van der Waals surface area contributed by atoms with Crippen LogP contribution < -0.4 is 10.3 Å². The highest BCUT2D eigenvalue weighted by Gasteiger charge is 2.12. The average Bonchev–Trinajstić information content (AvgIpc) is 3.19. The molecule has 2 heterocycles. The van der Waals surface area contributed by atoms with Gasteiger partial charge in [-0.15, -0.1) is 10.2 Å². The van der Waals surface area contributed by atoms with E-state index >= 15 is 0 Å². The molecular weight excluding hydrogens is 364 g/mol. The van der Waals surface area contributed by atoms with E-state index in [1.165, 1.54) is 11.8 Å². The first-order valence-electron chi connectivity index (χ1n) is 8.21. The number of rotatable bonds is 5. The number of thioether (sulfide) groups is 1. The van der Waals surface area contributed by atoms with Gasteiger partial charge in [-0.3, -0.25) is 9.36 Å². The molecular formula is C19H16N4O3S. The van der Waals surface area contributed by atoms with Gasteiger partial charge in [-0.05, 0) is 36.4 Å². The zero-order chi connectivity index (χ0) is 18.8. The lowest BCUT2D eigenvalue weighted by molar-refractivity contribution is 0.414. The molecule has 0 radical (unpaired) electrons. The monoisotopic (exact) mass is 380 g/mol. The second-order valence-corrected chi connectivity index (χ2v) is 6.73. The van der Waals surface area contributed by atoms with E-state index in [-0.39, 0.29) is 5.56 Å². The summed E-state index contributed by atoms with van der Waals surface area (Å²) in [6, 6.07) is 14.7. The highest BCUT2D eigenvalue weighted by atomic mass is 32.2. The van der Waals surface area contributed by atoms with Crippen molar-refractivity contribution in [1.82, 2.24) is 19.7 Å². The minimum Gasteiger partial charge on any atom is -0.497 e. The van der Waals surface area contributed by atoms with Crippen molar-refractivity contribution in [3.05, 3.63) is 64.7 Å². The first kappa shape index (κ1) is 17.3. The van der Waals surface area contributed by atoms with Gasteiger partial charge in [-0.2, -0.15) is 0 Å². The summed E-state index contributed by atoms with van der Waals surface area (Å²) in [4.78, 5) is 17.0. The standard InChI is InChI=1S/C19H16N4O3S/c1-23-16(20-15-6-4-3-5-14(15)18(23)24)11-27-19-22-21-17(26-19)12-7-9-13(25-2)10-8-12/h3-10H,11H2,1-2H3. The first-order chi connectivity index (χ1) is 13.2. The molecule has 27 heavy (non-hydrogen) atoms. The van der Waals surface area contributed by atoms with Crippen LogP contribution in [-0.4, -0.2) is 26.9 Å². The fourth-order valence-corrected chi connectivity index (χ4v) is 3.38. The summed E-state index contributed by atoms with van der Waals surface area (Å²) in [6.07, 6.45) is 0. The van der Waals surface area contributed by atoms with Crippen LogP contribution >= 0.6 is 11.8 Å². The maximum absolute atomic E-state index is 12.5. The van der Waals surface area contributed by atoms with Crippen LogP contribution in [0, 0.1) is 0 Å². The molecule has 136 valence electrons. The zero-order valence-corrected chi connectivity index (χ0v) is 15.6. The lowest BCUT2D eigenvalue weighted by Crippen LogP contribution is -2.21. The topological polar surface area (TPSA) is 83.0 Å². The van der Waals surface area contributed by atoms with Gasteiger partial charge in [0.15, 0.2) is 0 Å². The van der Waals surface area contributed by atoms with Crippen molar-refractivity contribution >= 4 is 22.7 Å². The molecule has 0 atom stereocenters. The molecule has 0 aliphatic rings. The number of fused-ring (bicyclic) bond motifs is 1. The van der Waals surface area contributed by atoms with E-state index in [4.69, 9.17) is 9.15 Å². The summed E-state index contributed by atoms with van der Waals surface area (Å²) < 4.78 is 12.4. The summed E-state index contributed by atoms with van der Waals surface area (Å²) >= 11 is 1.34. The minimum atomic E-state index is -0.0688. The minimum absolute atomic E-state index is 0.0688. The second-order valence-electron chi connectivity index (χ2n) is 5.80. The third kappa shape index (κ3) is 3.43. The maximum atomic E-state index is 12.5. The molecule has 0 unspecified atom stereocenters. The van der Waals surface area contributed by atoms with Crippen LogP contribution in [0.2, 0.25) is 0 Å². The third-order valence-electron chi connectivity index (χ3n) is 4.14. The molecule has 2 aromatic carbocycles. The zero-order valence-electron chi connectivity index (χ0n) is 14.7. The lowest BCUT2D eigenvalue weighted by Gasteiger charge is -2.07. The number of nitrogens with zero attached hydrogens (tertiary/aromatic N) is 4. The summed E-state index contributed by atoms with van der Waals surface area (Å²) in [5, 5.41) is 9.17. The number of hydrogen-bond donors (Lipinski definition) is 0. The van der Waals surface area contributed by atoms with Crippen LogP contribution in [0.15, 0.2) is 63.0 Å². The molecule has 0 N–H and O–H groups in total. The van der Waals surface area contributed by atoms with Crippen molar-refractivity contribution in [1.29, 1.82) is 0 Å². The van der Waals surface area contributed by atoms with Gasteiger partial charge in [0.2, 0.25) is 5.89 Å². The van der Waals surface area contributed by atoms with Crippen LogP contribution in [0.4, 0.5) is 0 Å². The van der Waals surface area contributed by atoms with E-state index in [9.17, 15) is 4.79 Å². The van der Waals surface area contributed by atoms with Crippen molar-refractivity contribution in [3.63, 3.8) is 0 Å². The second kappa shape index (κ2) is 7.24. The molecule has 2 aromatic heterocycles. The SMILES string of the molecule is COc1ccc(-c2nnc(SCc3nc4ccccc4c(=O)n3C)o2)cc1. The molecule has 0 amide bonds. The van der Waals surface area contributed by atoms with Crippen LogP contribution in [0.1, 0.15) is 5.82 Å². The van der Waals surface area contributed by atoms with Gasteiger partial charge in [-0.25, -0.2) is 4.98 Å². The molecule has 7 nitrogen and oxygen atoms in total. The van der Waals surface area contributed by atoms with E-state index in [2.05, 4.69) is 15.2 Å². The van der Waals surface area contributed by atoms with Crippen molar-refractivity contribution in [2.75, 3.05) is 7.11 Å². The largest absolute Gasteiger partial charge is 0.497 e. The van der Waals surface area contributed by atoms with Gasteiger partial charge in [0.1, 0.15) is 11.6 Å². The number of aromatic nitrogens is 4. The number of benzene rings is 2. The Kier molecular flexibility index (Phi) is 4.64. The Morgan fingerprint density at radius 2 is 1.89 bits per heavy atom. The lowest BCUT2D eigenvalue weighted by atomic mass is 10.2. The Labute approximate surface area is 159 Å². The fraction of sp³-hybridized carbons (Fsp3) is 0.158. The average molecular weight is 380 g/mol. The van der Waals surface area contributed by atoms with E-state index < -0.39 is 0 Å². The normalized spacial score (nSPS) is 11.0. The fourth-order valence-electron chi connectivity index (χ4n) is 2.64. The van der Waals surface area contributed by atoms with Crippen molar-refractivity contribution in [2.45, 2.75) is 11.0 Å². The van der Waals surface area contributed by atoms with Gasteiger partial charge in [0.25, 0.3) is 10.8 Å². The molecule has 4 rings (SSSR count). The van der Waals surface area contributed by atoms with E-state index in [1.807, 2.05) is 42.5 Å². The van der Waals surface area contributed by atoms with E-state index in [1.54, 1.807) is 24.8 Å². The van der Waals surface area contributed by atoms with Crippen molar-refractivity contribution in [3.8, 4) is 17.2 Å². The number of para-hydroxylation sites is 1. The number of hydrogen-bond acceptors (Lipinski definition) is 7. The van der Waals surface area contributed by atoms with Gasteiger partial charge in [-0.1, -0.05) is 23.9 Å². The third-order valence-corrected chi connectivity index (χ3v) is 4.96. The summed E-state index contributed by atoms with van der Waals surface area (Å²) in [5.41, 5.74) is 1.42. The van der Waals surface area contributed by atoms with Gasteiger partial charge < -0.3 is 9.15 Å². The predicted octanol–water partition coefficient (Wildman–Crippen LogP) is 3.28.